The number of anilines is 4. The molecule has 0 bridgehead atoms. The number of nitrogens with zero attached hydrogens (tertiary/aromatic N) is 6. The van der Waals surface area contributed by atoms with Gasteiger partial charge in [0.05, 0.1) is 58.3 Å². The fourth-order valence-corrected chi connectivity index (χ4v) is 8.81. The maximum atomic E-state index is 12.6. The van der Waals surface area contributed by atoms with Crippen LogP contribution < -0.4 is 20.4 Å². The van der Waals surface area contributed by atoms with Gasteiger partial charge in [-0.05, 0) is 54.1 Å². The second-order valence-electron chi connectivity index (χ2n) is 13.1. The lowest BCUT2D eigenvalue weighted by atomic mass is 10.1. The van der Waals surface area contributed by atoms with Crippen LogP contribution in [-0.2, 0) is 34.4 Å². The van der Waals surface area contributed by atoms with Crippen molar-refractivity contribution in [1.82, 2.24) is 19.9 Å². The van der Waals surface area contributed by atoms with Crippen molar-refractivity contribution in [3.8, 4) is 0 Å². The summed E-state index contributed by atoms with van der Waals surface area (Å²) < 4.78 is 24.5. The van der Waals surface area contributed by atoms with E-state index < -0.39 is 21.6 Å². The first-order valence-electron chi connectivity index (χ1n) is 16.6. The van der Waals surface area contributed by atoms with Crippen LogP contribution in [0.3, 0.4) is 0 Å². The lowest BCUT2D eigenvalue weighted by molar-refractivity contribution is 0.248. The minimum Gasteiger partial charge on any atom is -0.394 e. The van der Waals surface area contributed by atoms with Crippen LogP contribution in [-0.4, -0.2) is 102 Å². The molecule has 4 unspecified atom stereocenters. The second kappa shape index (κ2) is 16.6. The Hall–Kier alpha value is -2.62. The highest BCUT2D eigenvalue weighted by atomic mass is 35.5. The molecule has 0 radical (unpaired) electrons. The number of aliphatic hydroxyl groups excluding tert-OH is 2. The Morgan fingerprint density at radius 2 is 1.29 bits per heavy atom. The molecule has 0 amide bonds. The summed E-state index contributed by atoms with van der Waals surface area (Å²) >= 11 is 12.0. The van der Waals surface area contributed by atoms with E-state index in [9.17, 15) is 18.6 Å². The van der Waals surface area contributed by atoms with E-state index in [0.29, 0.717) is 51.7 Å². The summed E-state index contributed by atoms with van der Waals surface area (Å²) in [4.78, 5) is 23.6. The van der Waals surface area contributed by atoms with Crippen molar-refractivity contribution in [3.05, 3.63) is 45.5 Å². The molecule has 16 heteroatoms. The molecule has 0 spiro atoms. The van der Waals surface area contributed by atoms with E-state index in [-0.39, 0.29) is 42.4 Å². The summed E-state index contributed by atoms with van der Waals surface area (Å²) in [5.41, 5.74) is 3.87. The first-order chi connectivity index (χ1) is 23.4. The van der Waals surface area contributed by atoms with Gasteiger partial charge in [-0.2, -0.15) is 9.97 Å². The zero-order valence-electron chi connectivity index (χ0n) is 28.6. The highest BCUT2D eigenvalue weighted by Crippen LogP contribution is 2.32. The number of piperazine rings is 1. The van der Waals surface area contributed by atoms with Crippen LogP contribution >= 0.6 is 23.2 Å². The van der Waals surface area contributed by atoms with Crippen molar-refractivity contribution in [2.75, 3.05) is 71.3 Å². The van der Waals surface area contributed by atoms with Crippen LogP contribution in [0.1, 0.15) is 44.6 Å². The molecule has 0 aliphatic carbocycles. The predicted octanol–water partition coefficient (Wildman–Crippen LogP) is 4.08. The van der Waals surface area contributed by atoms with Crippen LogP contribution in [0.15, 0.2) is 28.0 Å². The quantitative estimate of drug-likeness (QED) is 0.221. The van der Waals surface area contributed by atoms with Crippen molar-refractivity contribution < 1.29 is 18.6 Å². The minimum absolute atomic E-state index is 0.00239. The van der Waals surface area contributed by atoms with Crippen molar-refractivity contribution in [3.63, 3.8) is 0 Å². The zero-order valence-corrected chi connectivity index (χ0v) is 31.7. The maximum Gasteiger partial charge on any atom is 0.227 e. The van der Waals surface area contributed by atoms with Gasteiger partial charge in [-0.1, -0.05) is 39.3 Å². The van der Waals surface area contributed by atoms with Crippen molar-refractivity contribution in [2.24, 2.45) is 11.8 Å². The fourth-order valence-electron chi connectivity index (χ4n) is 5.88. The SMILES string of the molecule is CC(C)C(CO)Nc1nc(Cl)nc2c1S(=O)CC2.Cc1cc(N2CCN(c3nc4c(c(NC(CO)C(C)C)n3)S(=O)CC4)CC2)ccc1Cl. The lowest BCUT2D eigenvalue weighted by Gasteiger charge is -2.36. The van der Waals surface area contributed by atoms with Crippen molar-refractivity contribution in [1.29, 1.82) is 0 Å². The molecule has 1 aromatic carbocycles. The summed E-state index contributed by atoms with van der Waals surface area (Å²) in [6.45, 7) is 13.4. The molecular weight excluding hydrogens is 707 g/mol. The molecule has 0 saturated carbocycles. The van der Waals surface area contributed by atoms with Crippen molar-refractivity contribution >= 4 is 68.1 Å². The van der Waals surface area contributed by atoms with Crippen LogP contribution in [0.2, 0.25) is 10.3 Å². The standard InChI is InChI=1S/C22H30ClN5O2S.C11H16ClN3O2S/c1-14(2)19(13-29)24-21-20-18(6-11-31(20)30)25-22(26-21)28-9-7-27(8-10-28)16-4-5-17(23)15(3)12-16;1-6(2)8(5-16)13-10-9-7(3-4-18(9)17)14-11(12)15-10/h4-5,12,14,19,29H,6-11,13H2,1-3H3,(H,24,25,26);6,8,16H,3-5H2,1-2H3,(H,13,14,15). The smallest absolute Gasteiger partial charge is 0.227 e. The van der Waals surface area contributed by atoms with Gasteiger partial charge >= 0.3 is 0 Å². The molecule has 4 atom stereocenters. The number of rotatable bonds is 10. The Labute approximate surface area is 303 Å². The number of hydrogen-bond acceptors (Lipinski definition) is 12. The van der Waals surface area contributed by atoms with Gasteiger partial charge in [0.15, 0.2) is 0 Å². The van der Waals surface area contributed by atoms with Crippen LogP contribution in [0.25, 0.3) is 0 Å². The Morgan fingerprint density at radius 1 is 0.776 bits per heavy atom. The van der Waals surface area contributed by atoms with Crippen LogP contribution in [0, 0.1) is 18.8 Å². The van der Waals surface area contributed by atoms with E-state index in [2.05, 4.69) is 42.5 Å². The van der Waals surface area contributed by atoms with Gasteiger partial charge in [0, 0.05) is 61.2 Å². The summed E-state index contributed by atoms with van der Waals surface area (Å²) in [5, 5.41) is 26.5. The number of hydrogen-bond donors (Lipinski definition) is 4. The Morgan fingerprint density at radius 3 is 1.80 bits per heavy atom. The molecule has 12 nitrogen and oxygen atoms in total. The minimum atomic E-state index is -1.10. The Balaban J connectivity index is 0.000000221. The molecule has 1 saturated heterocycles. The lowest BCUT2D eigenvalue weighted by Crippen LogP contribution is -2.47. The van der Waals surface area contributed by atoms with E-state index in [1.807, 2.05) is 40.7 Å². The largest absolute Gasteiger partial charge is 0.394 e. The van der Waals surface area contributed by atoms with Gasteiger partial charge < -0.3 is 30.6 Å². The average molecular weight is 754 g/mol. The predicted molar refractivity (Wildman–Crippen MR) is 198 cm³/mol. The van der Waals surface area contributed by atoms with Crippen LogP contribution in [0.4, 0.5) is 23.3 Å². The van der Waals surface area contributed by atoms with Gasteiger partial charge in [0.1, 0.15) is 21.4 Å². The number of fused-ring (bicyclic) bond motifs is 2. The Kier molecular flexibility index (Phi) is 12.7. The highest BCUT2D eigenvalue weighted by Gasteiger charge is 2.30. The number of aryl methyl sites for hydroxylation is 3. The third-order valence-electron chi connectivity index (χ3n) is 9.05. The molecule has 6 rings (SSSR count). The number of nitrogens with one attached hydrogen (secondary N) is 2. The molecule has 3 aliphatic rings. The summed E-state index contributed by atoms with van der Waals surface area (Å²) in [6.07, 6.45) is 1.35. The van der Waals surface area contributed by atoms with Gasteiger partial charge in [-0.15, -0.1) is 0 Å². The molecular formula is C33H46Cl2N8O4S2. The van der Waals surface area contributed by atoms with Gasteiger partial charge in [0.25, 0.3) is 0 Å². The van der Waals surface area contributed by atoms with E-state index in [4.69, 9.17) is 33.2 Å². The van der Waals surface area contributed by atoms with Gasteiger partial charge in [-0.3, -0.25) is 8.42 Å². The number of halogens is 2. The van der Waals surface area contributed by atoms with E-state index >= 15 is 0 Å². The van der Waals surface area contributed by atoms with Crippen molar-refractivity contribution in [2.45, 2.75) is 69.3 Å². The van der Waals surface area contributed by atoms with Crippen LogP contribution in [0.5, 0.6) is 0 Å². The highest BCUT2D eigenvalue weighted by molar-refractivity contribution is 7.85. The Bertz CT molecular complexity index is 1690. The second-order valence-corrected chi connectivity index (χ2v) is 16.9. The zero-order chi connectivity index (χ0) is 35.4. The first-order valence-corrected chi connectivity index (χ1v) is 20.0. The molecule has 2 aromatic heterocycles. The molecule has 1 fully saturated rings. The summed E-state index contributed by atoms with van der Waals surface area (Å²) in [5.74, 6) is 3.37. The number of aliphatic hydroxyl groups is 2. The maximum absolute atomic E-state index is 12.6. The molecule has 5 heterocycles. The van der Waals surface area contributed by atoms with Gasteiger partial charge in [-0.25, -0.2) is 9.97 Å². The molecule has 268 valence electrons. The fraction of sp³-hybridized carbons (Fsp3) is 0.576. The third kappa shape index (κ3) is 8.82. The monoisotopic (exact) mass is 752 g/mol. The number of benzene rings is 1. The van der Waals surface area contributed by atoms with E-state index in [1.165, 1.54) is 5.69 Å². The first kappa shape index (κ1) is 37.6. The summed E-state index contributed by atoms with van der Waals surface area (Å²) in [6, 6.07) is 5.86. The normalized spacial score (nSPS) is 19.7. The molecule has 4 N–H and O–H groups in total. The van der Waals surface area contributed by atoms with E-state index in [0.717, 1.165) is 48.2 Å². The molecule has 3 aliphatic heterocycles. The average Bonchev–Trinajstić information content (AvgIpc) is 3.65. The third-order valence-corrected chi connectivity index (χ3v) is 12.6. The summed E-state index contributed by atoms with van der Waals surface area (Å²) in [7, 11) is -2.17. The topological polar surface area (TPSA) is 157 Å². The molecule has 49 heavy (non-hydrogen) atoms. The van der Waals surface area contributed by atoms with E-state index in [1.54, 1.807) is 0 Å². The number of aromatic nitrogens is 4. The van der Waals surface area contributed by atoms with Gasteiger partial charge in [0.2, 0.25) is 11.2 Å². The molecule has 3 aromatic rings.